The first kappa shape index (κ1) is 16.7. The zero-order valence-corrected chi connectivity index (χ0v) is 14.7. The minimum Gasteiger partial charge on any atom is -0.413 e. The third-order valence-electron chi connectivity index (χ3n) is 3.62. The summed E-state index contributed by atoms with van der Waals surface area (Å²) in [4.78, 5) is 4.02. The highest BCUT2D eigenvalue weighted by Gasteiger charge is 2.37. The molecule has 0 saturated heterocycles. The maximum Gasteiger partial charge on any atom is 0.192 e. The predicted octanol–water partition coefficient (Wildman–Crippen LogP) is 5.42. The molecule has 0 aliphatic carbocycles. The minimum atomic E-state index is -1.77. The van der Waals surface area contributed by atoms with Gasteiger partial charge in [0.25, 0.3) is 0 Å². The van der Waals surface area contributed by atoms with Crippen LogP contribution < -0.4 is 0 Å². The number of pyridine rings is 1. The second kappa shape index (κ2) is 5.96. The van der Waals surface area contributed by atoms with E-state index in [1.54, 1.807) is 12.3 Å². The molecule has 5 heteroatoms. The van der Waals surface area contributed by atoms with Crippen molar-refractivity contribution in [2.24, 2.45) is 0 Å². The molecule has 0 radical (unpaired) electrons. The fourth-order valence-corrected chi connectivity index (χ4v) is 2.42. The van der Waals surface area contributed by atoms with E-state index in [0.29, 0.717) is 16.8 Å². The molecule has 0 atom stereocenters. The standard InChI is InChI=1S/C14H21Cl2NOSi/c1-10(9-18-19(5,6)14(2,3)4)11-7-12(15)13(16)17-8-11/h7-8H,1,9H2,2-6H3. The Morgan fingerprint density at radius 1 is 1.37 bits per heavy atom. The van der Waals surface area contributed by atoms with Gasteiger partial charge in [-0.2, -0.15) is 0 Å². The van der Waals surface area contributed by atoms with E-state index in [2.05, 4.69) is 45.4 Å². The molecule has 1 aromatic rings. The maximum absolute atomic E-state index is 6.12. The second-order valence-electron chi connectivity index (χ2n) is 6.15. The van der Waals surface area contributed by atoms with Gasteiger partial charge in [0.15, 0.2) is 8.32 Å². The molecular formula is C14H21Cl2NOSi. The lowest BCUT2D eigenvalue weighted by atomic mass is 10.1. The zero-order chi connectivity index (χ0) is 14.8. The molecule has 1 aromatic heterocycles. The maximum atomic E-state index is 6.12. The summed E-state index contributed by atoms with van der Waals surface area (Å²) >= 11 is 11.8. The van der Waals surface area contributed by atoms with Crippen LogP contribution in [-0.2, 0) is 4.43 Å². The summed E-state index contributed by atoms with van der Waals surface area (Å²) < 4.78 is 6.12. The molecule has 106 valence electrons. The van der Waals surface area contributed by atoms with Gasteiger partial charge >= 0.3 is 0 Å². The van der Waals surface area contributed by atoms with Crippen molar-refractivity contribution in [3.63, 3.8) is 0 Å². The highest BCUT2D eigenvalue weighted by atomic mass is 35.5. The van der Waals surface area contributed by atoms with E-state index in [0.717, 1.165) is 11.1 Å². The fourth-order valence-electron chi connectivity index (χ4n) is 1.18. The lowest BCUT2D eigenvalue weighted by Gasteiger charge is -2.36. The molecule has 0 aliphatic heterocycles. The Labute approximate surface area is 126 Å². The molecule has 1 heterocycles. The summed E-state index contributed by atoms with van der Waals surface area (Å²) in [6.45, 7) is 15.6. The highest BCUT2D eigenvalue weighted by Crippen LogP contribution is 2.37. The van der Waals surface area contributed by atoms with Gasteiger partial charge in [-0.3, -0.25) is 0 Å². The molecule has 0 bridgehead atoms. The normalized spacial score (nSPS) is 12.6. The van der Waals surface area contributed by atoms with Gasteiger partial charge in [0.1, 0.15) is 5.15 Å². The lowest BCUT2D eigenvalue weighted by molar-refractivity contribution is 0.334. The topological polar surface area (TPSA) is 22.1 Å². The van der Waals surface area contributed by atoms with Crippen molar-refractivity contribution in [2.75, 3.05) is 6.61 Å². The van der Waals surface area contributed by atoms with Gasteiger partial charge in [0.2, 0.25) is 0 Å². The SMILES string of the molecule is C=C(CO[Si](C)(C)C(C)(C)C)c1cnc(Cl)c(Cl)c1. The van der Waals surface area contributed by atoms with Gasteiger partial charge in [-0.05, 0) is 35.3 Å². The first-order valence-electron chi connectivity index (χ1n) is 6.18. The Kier molecular flexibility index (Phi) is 5.24. The molecule has 0 N–H and O–H groups in total. The Hall–Kier alpha value is -0.353. The number of hydrogen-bond acceptors (Lipinski definition) is 2. The largest absolute Gasteiger partial charge is 0.413 e. The first-order valence-corrected chi connectivity index (χ1v) is 9.84. The Morgan fingerprint density at radius 2 is 1.95 bits per heavy atom. The summed E-state index contributed by atoms with van der Waals surface area (Å²) in [5.41, 5.74) is 1.74. The Bertz CT molecular complexity index is 481. The fraction of sp³-hybridized carbons (Fsp3) is 0.500. The summed E-state index contributed by atoms with van der Waals surface area (Å²) in [6, 6.07) is 1.77. The van der Waals surface area contributed by atoms with E-state index in [-0.39, 0.29) is 5.04 Å². The Balaban J connectivity index is 2.73. The van der Waals surface area contributed by atoms with E-state index in [9.17, 15) is 0 Å². The van der Waals surface area contributed by atoms with Gasteiger partial charge in [-0.15, -0.1) is 0 Å². The predicted molar refractivity (Wildman–Crippen MR) is 86.4 cm³/mol. The van der Waals surface area contributed by atoms with Crippen molar-refractivity contribution in [2.45, 2.75) is 38.9 Å². The van der Waals surface area contributed by atoms with Crippen LogP contribution in [0.3, 0.4) is 0 Å². The van der Waals surface area contributed by atoms with Gasteiger partial charge in [-0.25, -0.2) is 4.98 Å². The van der Waals surface area contributed by atoms with Crippen molar-refractivity contribution in [1.82, 2.24) is 4.98 Å². The minimum absolute atomic E-state index is 0.184. The van der Waals surface area contributed by atoms with Gasteiger partial charge in [-0.1, -0.05) is 50.6 Å². The van der Waals surface area contributed by atoms with Crippen LogP contribution in [0.2, 0.25) is 28.3 Å². The monoisotopic (exact) mass is 317 g/mol. The third-order valence-corrected chi connectivity index (χ3v) is 8.78. The summed E-state index contributed by atoms with van der Waals surface area (Å²) in [5, 5.41) is 0.930. The van der Waals surface area contributed by atoms with E-state index >= 15 is 0 Å². The lowest BCUT2D eigenvalue weighted by Crippen LogP contribution is -2.41. The van der Waals surface area contributed by atoms with Gasteiger partial charge in [0, 0.05) is 6.20 Å². The molecule has 0 spiro atoms. The van der Waals surface area contributed by atoms with E-state index in [4.69, 9.17) is 27.6 Å². The summed E-state index contributed by atoms with van der Waals surface area (Å²) in [7, 11) is -1.77. The quantitative estimate of drug-likeness (QED) is 0.546. The van der Waals surface area contributed by atoms with E-state index < -0.39 is 8.32 Å². The van der Waals surface area contributed by atoms with E-state index in [1.807, 2.05) is 0 Å². The van der Waals surface area contributed by atoms with Crippen molar-refractivity contribution < 1.29 is 4.43 Å². The second-order valence-corrected chi connectivity index (χ2v) is 11.7. The molecule has 1 rings (SSSR count). The van der Waals surface area contributed by atoms with Crippen molar-refractivity contribution in [3.05, 3.63) is 34.6 Å². The molecule has 19 heavy (non-hydrogen) atoms. The molecular weight excluding hydrogens is 297 g/mol. The molecule has 0 aromatic carbocycles. The van der Waals surface area contributed by atoms with Crippen LogP contribution in [0, 0.1) is 0 Å². The van der Waals surface area contributed by atoms with Gasteiger partial charge < -0.3 is 4.43 Å². The summed E-state index contributed by atoms with van der Waals surface area (Å²) in [6.07, 6.45) is 1.67. The highest BCUT2D eigenvalue weighted by molar-refractivity contribution is 6.74. The van der Waals surface area contributed by atoms with Crippen LogP contribution in [0.5, 0.6) is 0 Å². The Morgan fingerprint density at radius 3 is 2.42 bits per heavy atom. The third kappa shape index (κ3) is 4.31. The average Bonchev–Trinajstić information content (AvgIpc) is 2.28. The van der Waals surface area contributed by atoms with Crippen LogP contribution in [-0.4, -0.2) is 19.9 Å². The number of aromatic nitrogens is 1. The molecule has 0 fully saturated rings. The molecule has 0 aliphatic rings. The van der Waals surface area contributed by atoms with Crippen LogP contribution in [0.15, 0.2) is 18.8 Å². The van der Waals surface area contributed by atoms with Gasteiger partial charge in [0.05, 0.1) is 11.6 Å². The van der Waals surface area contributed by atoms with E-state index in [1.165, 1.54) is 0 Å². The average molecular weight is 318 g/mol. The van der Waals surface area contributed by atoms with Crippen LogP contribution >= 0.6 is 23.2 Å². The molecule has 0 unspecified atom stereocenters. The number of nitrogens with zero attached hydrogens (tertiary/aromatic N) is 1. The van der Waals surface area contributed by atoms with Crippen molar-refractivity contribution in [1.29, 1.82) is 0 Å². The zero-order valence-electron chi connectivity index (χ0n) is 12.2. The summed E-state index contributed by atoms with van der Waals surface area (Å²) in [5.74, 6) is 0. The van der Waals surface area contributed by atoms with Crippen LogP contribution in [0.25, 0.3) is 5.57 Å². The smallest absolute Gasteiger partial charge is 0.192 e. The first-order chi connectivity index (χ1) is 8.54. The number of halogens is 2. The molecule has 2 nitrogen and oxygen atoms in total. The molecule has 0 amide bonds. The number of hydrogen-bond donors (Lipinski definition) is 0. The van der Waals surface area contributed by atoms with Crippen LogP contribution in [0.1, 0.15) is 26.3 Å². The molecule has 0 saturated carbocycles. The van der Waals surface area contributed by atoms with Crippen molar-refractivity contribution in [3.8, 4) is 0 Å². The number of rotatable bonds is 4. The van der Waals surface area contributed by atoms with Crippen LogP contribution in [0.4, 0.5) is 0 Å². The van der Waals surface area contributed by atoms with Crippen molar-refractivity contribution >= 4 is 37.1 Å².